The van der Waals surface area contributed by atoms with Gasteiger partial charge in [0.2, 0.25) is 0 Å². The van der Waals surface area contributed by atoms with Crippen molar-refractivity contribution in [3.63, 3.8) is 0 Å². The highest BCUT2D eigenvalue weighted by Crippen LogP contribution is 2.22. The van der Waals surface area contributed by atoms with Crippen LogP contribution in [0.25, 0.3) is 0 Å². The van der Waals surface area contributed by atoms with Gasteiger partial charge in [0, 0.05) is 3.57 Å². The summed E-state index contributed by atoms with van der Waals surface area (Å²) in [6, 6.07) is 9.27. The Morgan fingerprint density at radius 3 is 2.80 bits per heavy atom. The van der Waals surface area contributed by atoms with Crippen LogP contribution >= 0.6 is 22.6 Å². The number of carbonyl (C=O) groups excluding carboxylic acids is 1. The molecule has 4 heteroatoms. The maximum atomic E-state index is 11.5. The molecule has 0 spiro atoms. The first-order valence-corrected chi connectivity index (χ1v) is 5.59. The van der Waals surface area contributed by atoms with Crippen molar-refractivity contribution >= 4 is 28.6 Å². The summed E-state index contributed by atoms with van der Waals surface area (Å²) < 4.78 is 5.74. The van der Waals surface area contributed by atoms with Gasteiger partial charge in [0.05, 0.1) is 12.7 Å². The largest absolute Gasteiger partial charge is 0.465 e. The lowest BCUT2D eigenvalue weighted by Gasteiger charge is -2.09. The van der Waals surface area contributed by atoms with Crippen molar-refractivity contribution in [1.29, 1.82) is 5.26 Å². The molecule has 0 fully saturated rings. The molecule has 3 nitrogen and oxygen atoms in total. The van der Waals surface area contributed by atoms with Crippen LogP contribution in [0.15, 0.2) is 24.3 Å². The number of nitriles is 1. The van der Waals surface area contributed by atoms with E-state index < -0.39 is 11.9 Å². The second-order valence-corrected chi connectivity index (χ2v) is 4.00. The van der Waals surface area contributed by atoms with Crippen molar-refractivity contribution in [3.05, 3.63) is 33.4 Å². The number of ether oxygens (including phenoxy) is 1. The van der Waals surface area contributed by atoms with Gasteiger partial charge in [-0.1, -0.05) is 18.2 Å². The quantitative estimate of drug-likeness (QED) is 0.636. The van der Waals surface area contributed by atoms with Crippen molar-refractivity contribution in [2.24, 2.45) is 0 Å². The number of hydrogen-bond donors (Lipinski definition) is 0. The zero-order chi connectivity index (χ0) is 11.3. The minimum atomic E-state index is -0.821. The monoisotopic (exact) mass is 315 g/mol. The highest BCUT2D eigenvalue weighted by molar-refractivity contribution is 14.1. The van der Waals surface area contributed by atoms with E-state index in [9.17, 15) is 4.79 Å². The third-order valence-electron chi connectivity index (χ3n) is 1.87. The SMILES string of the molecule is CCOC(=O)C(C#N)c1ccccc1I. The van der Waals surface area contributed by atoms with Crippen molar-refractivity contribution < 1.29 is 9.53 Å². The van der Waals surface area contributed by atoms with Gasteiger partial charge in [-0.05, 0) is 41.1 Å². The Balaban J connectivity index is 2.99. The molecule has 1 atom stereocenters. The Morgan fingerprint density at radius 1 is 1.60 bits per heavy atom. The predicted molar refractivity (Wildman–Crippen MR) is 64.1 cm³/mol. The van der Waals surface area contributed by atoms with Crippen LogP contribution in [0.1, 0.15) is 18.4 Å². The lowest BCUT2D eigenvalue weighted by Crippen LogP contribution is -2.15. The topological polar surface area (TPSA) is 50.1 Å². The summed E-state index contributed by atoms with van der Waals surface area (Å²) in [6.07, 6.45) is 0. The Morgan fingerprint density at radius 2 is 2.27 bits per heavy atom. The first-order chi connectivity index (χ1) is 7.20. The van der Waals surface area contributed by atoms with Crippen LogP contribution in [-0.2, 0) is 9.53 Å². The van der Waals surface area contributed by atoms with Gasteiger partial charge < -0.3 is 4.74 Å². The van der Waals surface area contributed by atoms with Gasteiger partial charge >= 0.3 is 5.97 Å². The smallest absolute Gasteiger partial charge is 0.327 e. The van der Waals surface area contributed by atoms with E-state index in [0.717, 1.165) is 3.57 Å². The number of nitrogens with zero attached hydrogens (tertiary/aromatic N) is 1. The minimum Gasteiger partial charge on any atom is -0.465 e. The van der Waals surface area contributed by atoms with Gasteiger partial charge in [-0.2, -0.15) is 5.26 Å². The Labute approximate surface area is 102 Å². The number of carbonyl (C=O) groups is 1. The first kappa shape index (κ1) is 12.0. The van der Waals surface area contributed by atoms with E-state index in [4.69, 9.17) is 10.00 Å². The van der Waals surface area contributed by atoms with Gasteiger partial charge in [0.1, 0.15) is 0 Å². The molecule has 0 N–H and O–H groups in total. The Hall–Kier alpha value is -1.09. The molecule has 1 aromatic rings. The van der Waals surface area contributed by atoms with Crippen molar-refractivity contribution in [2.45, 2.75) is 12.8 Å². The van der Waals surface area contributed by atoms with E-state index in [-0.39, 0.29) is 0 Å². The van der Waals surface area contributed by atoms with Crippen LogP contribution in [0, 0.1) is 14.9 Å². The molecule has 1 unspecified atom stereocenters. The van der Waals surface area contributed by atoms with E-state index in [1.54, 1.807) is 19.1 Å². The third kappa shape index (κ3) is 2.93. The Bertz CT molecular complexity index is 398. The fraction of sp³-hybridized carbons (Fsp3) is 0.273. The molecule has 0 heterocycles. The van der Waals surface area contributed by atoms with Gasteiger partial charge in [-0.25, -0.2) is 0 Å². The fourth-order valence-corrected chi connectivity index (χ4v) is 1.88. The second kappa shape index (κ2) is 5.71. The number of halogens is 1. The van der Waals surface area contributed by atoms with Gasteiger partial charge in [-0.15, -0.1) is 0 Å². The number of rotatable bonds is 3. The van der Waals surface area contributed by atoms with Crippen LogP contribution in [0.5, 0.6) is 0 Å². The van der Waals surface area contributed by atoms with Crippen molar-refractivity contribution in [3.8, 4) is 6.07 Å². The first-order valence-electron chi connectivity index (χ1n) is 4.51. The molecule has 0 aromatic heterocycles. The van der Waals surface area contributed by atoms with Gasteiger partial charge in [-0.3, -0.25) is 4.79 Å². The number of benzene rings is 1. The molecular weight excluding hydrogens is 305 g/mol. The zero-order valence-electron chi connectivity index (χ0n) is 8.24. The molecule has 0 radical (unpaired) electrons. The molecule has 0 aliphatic carbocycles. The number of esters is 1. The molecule has 15 heavy (non-hydrogen) atoms. The zero-order valence-corrected chi connectivity index (χ0v) is 10.4. The van der Waals surface area contributed by atoms with E-state index in [2.05, 4.69) is 22.6 Å². The minimum absolute atomic E-state index is 0.292. The molecule has 1 aromatic carbocycles. The third-order valence-corrected chi connectivity index (χ3v) is 2.85. The molecule has 1 rings (SSSR count). The maximum Gasteiger partial charge on any atom is 0.327 e. The molecule has 0 aliphatic heterocycles. The van der Waals surface area contributed by atoms with Gasteiger partial charge in [0.15, 0.2) is 5.92 Å². The van der Waals surface area contributed by atoms with Crippen LogP contribution in [0.4, 0.5) is 0 Å². The van der Waals surface area contributed by atoms with E-state index in [0.29, 0.717) is 12.2 Å². The molecule has 0 bridgehead atoms. The van der Waals surface area contributed by atoms with Crippen LogP contribution in [0.2, 0.25) is 0 Å². The van der Waals surface area contributed by atoms with E-state index >= 15 is 0 Å². The van der Waals surface area contributed by atoms with Crippen molar-refractivity contribution in [2.75, 3.05) is 6.61 Å². The van der Waals surface area contributed by atoms with Crippen LogP contribution in [0.3, 0.4) is 0 Å². The van der Waals surface area contributed by atoms with E-state index in [1.165, 1.54) is 0 Å². The molecule has 78 valence electrons. The Kier molecular flexibility index (Phi) is 4.56. The average Bonchev–Trinajstić information content (AvgIpc) is 2.22. The summed E-state index contributed by atoms with van der Waals surface area (Å²) in [6.45, 7) is 2.02. The van der Waals surface area contributed by atoms with Crippen molar-refractivity contribution in [1.82, 2.24) is 0 Å². The second-order valence-electron chi connectivity index (χ2n) is 2.84. The summed E-state index contributed by atoms with van der Waals surface area (Å²) in [5.41, 5.74) is 0.707. The molecule has 0 saturated carbocycles. The summed E-state index contributed by atoms with van der Waals surface area (Å²) in [5.74, 6) is -1.30. The molecule has 0 aliphatic rings. The van der Waals surface area contributed by atoms with Gasteiger partial charge in [0.25, 0.3) is 0 Å². The summed E-state index contributed by atoms with van der Waals surface area (Å²) >= 11 is 2.10. The molecular formula is C11H10INO2. The highest BCUT2D eigenvalue weighted by Gasteiger charge is 2.23. The molecule has 0 saturated heterocycles. The predicted octanol–water partition coefficient (Wildman–Crippen LogP) is 2.46. The maximum absolute atomic E-state index is 11.5. The molecule has 0 amide bonds. The summed E-state index contributed by atoms with van der Waals surface area (Å²) in [5, 5.41) is 8.95. The highest BCUT2D eigenvalue weighted by atomic mass is 127. The van der Waals surface area contributed by atoms with E-state index in [1.807, 2.05) is 18.2 Å². The standard InChI is InChI=1S/C11H10INO2/c1-2-15-11(14)9(7-13)8-5-3-4-6-10(8)12/h3-6,9H,2H2,1H3. The van der Waals surface area contributed by atoms with Crippen LogP contribution in [-0.4, -0.2) is 12.6 Å². The lowest BCUT2D eigenvalue weighted by molar-refractivity contribution is -0.143. The summed E-state index contributed by atoms with van der Waals surface area (Å²) in [4.78, 5) is 11.5. The summed E-state index contributed by atoms with van der Waals surface area (Å²) in [7, 11) is 0. The normalized spacial score (nSPS) is 11.5. The average molecular weight is 315 g/mol. The number of hydrogen-bond acceptors (Lipinski definition) is 3. The van der Waals surface area contributed by atoms with Crippen LogP contribution < -0.4 is 0 Å². The fourth-order valence-electron chi connectivity index (χ4n) is 1.18. The lowest BCUT2D eigenvalue weighted by atomic mass is 10.0.